The lowest BCUT2D eigenvalue weighted by atomic mass is 10.0. The molecule has 4 rings (SSSR count). The number of halogens is 1. The molecule has 0 aliphatic carbocycles. The predicted octanol–water partition coefficient (Wildman–Crippen LogP) is 2.37. The molecule has 4 heterocycles. The second kappa shape index (κ2) is 14.1. The van der Waals surface area contributed by atoms with Crippen molar-refractivity contribution in [1.29, 1.82) is 0 Å². The van der Waals surface area contributed by atoms with Crippen LogP contribution in [0.25, 0.3) is 0 Å². The van der Waals surface area contributed by atoms with Gasteiger partial charge in [0.25, 0.3) is 11.8 Å². The van der Waals surface area contributed by atoms with E-state index in [9.17, 15) is 24.4 Å². The third-order valence-electron chi connectivity index (χ3n) is 5.37. The number of thioether (sulfide) groups is 4. The van der Waals surface area contributed by atoms with E-state index in [-0.39, 0.29) is 26.6 Å². The van der Waals surface area contributed by atoms with Crippen LogP contribution in [0.5, 0.6) is 0 Å². The molecule has 2 aromatic heterocycles. The van der Waals surface area contributed by atoms with Crippen molar-refractivity contribution in [3.05, 3.63) is 31.2 Å². The maximum Gasteiger partial charge on any atom is 0.353 e. The highest BCUT2D eigenvalue weighted by Gasteiger charge is 2.55. The van der Waals surface area contributed by atoms with Gasteiger partial charge in [-0.3, -0.25) is 14.5 Å². The van der Waals surface area contributed by atoms with Crippen LogP contribution in [-0.4, -0.2) is 79.5 Å². The van der Waals surface area contributed by atoms with Crippen LogP contribution in [0.3, 0.4) is 0 Å². The molecule has 0 aromatic carbocycles. The van der Waals surface area contributed by atoms with Gasteiger partial charge in [-0.15, -0.1) is 28.0 Å². The summed E-state index contributed by atoms with van der Waals surface area (Å²) in [5.41, 5.74) is 17.4. The number of fused-ring (bicyclic) bond motifs is 1. The first kappa shape index (κ1) is 31.4. The van der Waals surface area contributed by atoms with Crippen LogP contribution in [0.2, 0.25) is 4.34 Å². The van der Waals surface area contributed by atoms with Crippen molar-refractivity contribution in [2.24, 2.45) is 16.6 Å². The Morgan fingerprint density at radius 1 is 1.25 bits per heavy atom. The third kappa shape index (κ3) is 6.73. The fraction of sp³-hybridized carbons (Fsp3) is 0.450. The number of carboxylic acid groups (broad SMARTS) is 1. The van der Waals surface area contributed by atoms with Gasteiger partial charge in [-0.25, -0.2) is 14.8 Å². The number of nitrogen functional groups attached to an aromatic ring is 1. The summed E-state index contributed by atoms with van der Waals surface area (Å²) in [4.78, 5) is 60.0. The molecule has 2 aliphatic rings. The van der Waals surface area contributed by atoms with Gasteiger partial charge in [0.2, 0.25) is 6.04 Å². The molecular weight excluding hydrogens is 660 g/mol. The monoisotopic (exact) mass is 682 g/mol. The first-order valence-electron chi connectivity index (χ1n) is 11.4. The van der Waals surface area contributed by atoms with E-state index < -0.39 is 35.2 Å². The molecule has 3 atom stereocenters. The number of thiazole rings is 2. The molecule has 2 aromatic rings. The minimum atomic E-state index is -1.61. The van der Waals surface area contributed by atoms with Crippen molar-refractivity contribution in [3.8, 4) is 0 Å². The van der Waals surface area contributed by atoms with E-state index in [1.54, 1.807) is 11.8 Å². The first-order chi connectivity index (χ1) is 19.2. The van der Waals surface area contributed by atoms with Crippen LogP contribution < -0.4 is 22.5 Å². The second-order valence-corrected chi connectivity index (χ2v) is 15.5. The Balaban J connectivity index is 1.53. The third-order valence-corrected chi connectivity index (χ3v) is 12.5. The Kier molecular flexibility index (Phi) is 11.0. The number of β-lactam (4-membered cyclic amide) rings is 1. The molecule has 0 bridgehead atoms. The van der Waals surface area contributed by atoms with Gasteiger partial charge in [-0.1, -0.05) is 46.5 Å². The number of hydrogen-bond donors (Lipinski definition) is 5. The van der Waals surface area contributed by atoms with Gasteiger partial charge < -0.3 is 27.6 Å². The van der Waals surface area contributed by atoms with Gasteiger partial charge in [0.05, 0.1) is 9.90 Å². The summed E-state index contributed by atoms with van der Waals surface area (Å²) in [6.07, 6.45) is 0. The quantitative estimate of drug-likeness (QED) is 0.0836. The van der Waals surface area contributed by atoms with E-state index in [0.717, 1.165) is 36.2 Å². The fourth-order valence-electron chi connectivity index (χ4n) is 3.68. The van der Waals surface area contributed by atoms with Crippen LogP contribution >= 0.6 is 81.3 Å². The van der Waals surface area contributed by atoms with Gasteiger partial charge in [0.15, 0.2) is 9.47 Å². The van der Waals surface area contributed by atoms with Crippen molar-refractivity contribution in [2.75, 3.05) is 36.1 Å². The number of carboxylic acids is 1. The maximum atomic E-state index is 13.1. The van der Waals surface area contributed by atoms with Gasteiger partial charge in [-0.05, 0) is 5.18 Å². The lowest BCUT2D eigenvalue weighted by molar-refractivity contribution is -0.150. The number of rotatable bonds is 14. The number of hydrogen-bond acceptors (Lipinski definition) is 16. The molecule has 2 amide bonds. The smallest absolute Gasteiger partial charge is 0.353 e. The number of nitroso groups, excluding NO2 is 1. The molecule has 0 saturated carbocycles. The van der Waals surface area contributed by atoms with Gasteiger partial charge >= 0.3 is 5.97 Å². The molecule has 1 saturated heterocycles. The summed E-state index contributed by atoms with van der Waals surface area (Å²) < 4.78 is 1.71. The Morgan fingerprint density at radius 2 is 2.00 bits per heavy atom. The molecule has 216 valence electrons. The first-order valence-corrected chi connectivity index (χ1v) is 17.5. The Morgan fingerprint density at radius 3 is 2.62 bits per heavy atom. The molecule has 1 fully saturated rings. The minimum Gasteiger partial charge on any atom is -0.477 e. The molecular formula is C20H23ClN8O5S6. The highest BCUT2D eigenvalue weighted by atomic mass is 35.5. The number of aromatic nitrogens is 2. The van der Waals surface area contributed by atoms with E-state index in [2.05, 4.69) is 15.5 Å². The van der Waals surface area contributed by atoms with Gasteiger partial charge in [0.1, 0.15) is 27.1 Å². The SMILES string of the molecule is NCCSCc1nc(SCCN)sc1SC1=C(C(=O)O)N2C(=O)[C@@H](NC(=O)C(N=O)c3nc(N)sc3Cl)[C@@H]2SC1. The van der Waals surface area contributed by atoms with E-state index in [1.165, 1.54) is 46.6 Å². The fourth-order valence-corrected chi connectivity index (χ4v) is 10.5. The van der Waals surface area contributed by atoms with Crippen LogP contribution in [0.4, 0.5) is 5.13 Å². The zero-order valence-electron chi connectivity index (χ0n) is 20.4. The standard InChI is InChI=1S/C20H23ClN8O5S6/c21-13-9(27-19(24)39-13)10(28-34)14(30)26-11-15(31)29-12(17(32)33)8(6-37-16(11)29)38-18-7(5-35-3-1-22)25-20(40-18)36-4-2-23/h10-11,16H,1-6,22-23H2,(H2,24,27)(H,26,30)(H,32,33)/t10?,11-,16+/m1/s1. The molecule has 40 heavy (non-hydrogen) atoms. The summed E-state index contributed by atoms with van der Waals surface area (Å²) in [5.74, 6) is -0.399. The zero-order valence-corrected chi connectivity index (χ0v) is 26.1. The predicted molar refractivity (Wildman–Crippen MR) is 163 cm³/mol. The Bertz CT molecular complexity index is 1340. The molecule has 0 radical (unpaired) electrons. The van der Waals surface area contributed by atoms with Crippen molar-refractivity contribution < 1.29 is 19.5 Å². The molecule has 0 spiro atoms. The molecule has 2 aliphatic heterocycles. The molecule has 20 heteroatoms. The maximum absolute atomic E-state index is 13.1. The molecule has 1 unspecified atom stereocenters. The van der Waals surface area contributed by atoms with Crippen LogP contribution in [0.15, 0.2) is 24.3 Å². The number of nitrogens with one attached hydrogen (secondary N) is 1. The number of anilines is 1. The Hall–Kier alpha value is -1.58. The lowest BCUT2D eigenvalue weighted by Gasteiger charge is -2.49. The minimum absolute atomic E-state index is 0.0389. The molecule has 13 nitrogen and oxygen atoms in total. The van der Waals surface area contributed by atoms with E-state index >= 15 is 0 Å². The van der Waals surface area contributed by atoms with Crippen LogP contribution in [0, 0.1) is 4.91 Å². The number of carbonyl (C=O) groups excluding carboxylic acids is 2. The summed E-state index contributed by atoms with van der Waals surface area (Å²) in [6, 6.07) is -2.66. The number of amides is 2. The summed E-state index contributed by atoms with van der Waals surface area (Å²) >= 11 is 14.1. The number of nitrogens with zero attached hydrogens (tertiary/aromatic N) is 4. The normalized spacial score (nSPS) is 19.3. The zero-order chi connectivity index (χ0) is 29.0. The van der Waals surface area contributed by atoms with Crippen molar-refractivity contribution >= 4 is 104 Å². The second-order valence-electron chi connectivity index (χ2n) is 7.99. The lowest BCUT2D eigenvalue weighted by Crippen LogP contribution is -2.70. The van der Waals surface area contributed by atoms with E-state index in [4.69, 9.17) is 33.8 Å². The van der Waals surface area contributed by atoms with E-state index in [1.807, 2.05) is 0 Å². The molecule has 8 N–H and O–H groups in total. The summed E-state index contributed by atoms with van der Waals surface area (Å²) in [6.45, 7) is 1.03. The average Bonchev–Trinajstić information content (AvgIpc) is 3.47. The highest BCUT2D eigenvalue weighted by Crippen LogP contribution is 2.48. The Labute approximate surface area is 258 Å². The van der Waals surface area contributed by atoms with Gasteiger partial charge in [0, 0.05) is 41.0 Å². The van der Waals surface area contributed by atoms with Crippen LogP contribution in [-0.2, 0) is 20.1 Å². The number of aliphatic carboxylic acids is 1. The van der Waals surface area contributed by atoms with Crippen molar-refractivity contribution in [1.82, 2.24) is 20.2 Å². The van der Waals surface area contributed by atoms with Gasteiger partial charge in [-0.2, -0.15) is 11.8 Å². The number of carbonyl (C=O) groups is 3. The topological polar surface area (TPSA) is 220 Å². The van der Waals surface area contributed by atoms with Crippen LogP contribution in [0.1, 0.15) is 17.4 Å². The largest absolute Gasteiger partial charge is 0.477 e. The summed E-state index contributed by atoms with van der Waals surface area (Å²) in [7, 11) is 0. The average molecular weight is 683 g/mol. The summed E-state index contributed by atoms with van der Waals surface area (Å²) in [5, 5.41) is 14.8. The van der Waals surface area contributed by atoms with E-state index in [0.29, 0.717) is 29.5 Å². The highest BCUT2D eigenvalue weighted by molar-refractivity contribution is 8.08. The van der Waals surface area contributed by atoms with Crippen molar-refractivity contribution in [2.45, 2.75) is 31.8 Å². The number of nitrogens with two attached hydrogens (primary N) is 3. The van der Waals surface area contributed by atoms with Crippen molar-refractivity contribution in [3.63, 3.8) is 0 Å².